The van der Waals surface area contributed by atoms with E-state index in [0.29, 0.717) is 17.5 Å². The number of nitrogens with zero attached hydrogens (tertiary/aromatic N) is 2. The maximum atomic E-state index is 12.5. The molecular formula is C24H30ClN3O3. The molecular weight excluding hydrogens is 414 g/mol. The molecule has 4 aliphatic rings. The Bertz CT molecular complexity index is 1040. The van der Waals surface area contributed by atoms with Crippen molar-refractivity contribution < 1.29 is 14.3 Å². The van der Waals surface area contributed by atoms with Gasteiger partial charge in [-0.3, -0.25) is 9.36 Å². The van der Waals surface area contributed by atoms with Crippen LogP contribution in [0.15, 0.2) is 24.3 Å². The van der Waals surface area contributed by atoms with E-state index in [0.717, 1.165) is 48.8 Å². The van der Waals surface area contributed by atoms with Crippen molar-refractivity contribution in [1.29, 1.82) is 0 Å². The largest absolute Gasteiger partial charge is 0.434 e. The summed E-state index contributed by atoms with van der Waals surface area (Å²) in [6, 6.07) is 8.01. The first kappa shape index (κ1) is 20.7. The first-order valence-corrected chi connectivity index (χ1v) is 11.5. The Morgan fingerprint density at radius 1 is 1.06 bits per heavy atom. The molecule has 6 nitrogen and oxygen atoms in total. The van der Waals surface area contributed by atoms with Gasteiger partial charge in [-0.1, -0.05) is 32.1 Å². The van der Waals surface area contributed by atoms with E-state index in [1.165, 1.54) is 32.1 Å². The van der Waals surface area contributed by atoms with Gasteiger partial charge < -0.3 is 15.4 Å². The number of carbonyl (C=O) groups excluding carboxylic acids is 2. The van der Waals surface area contributed by atoms with E-state index in [1.54, 1.807) is 0 Å². The Labute approximate surface area is 188 Å². The third-order valence-corrected chi connectivity index (χ3v) is 8.14. The molecule has 1 aromatic heterocycles. The van der Waals surface area contributed by atoms with Crippen molar-refractivity contribution in [3.63, 3.8) is 0 Å². The summed E-state index contributed by atoms with van der Waals surface area (Å²) >= 11 is 0. The molecule has 2 atom stereocenters. The molecule has 3 fully saturated rings. The molecule has 1 aromatic carbocycles. The van der Waals surface area contributed by atoms with Gasteiger partial charge in [0.2, 0.25) is 5.91 Å². The van der Waals surface area contributed by atoms with Gasteiger partial charge in [0.15, 0.2) is 5.72 Å². The zero-order valence-corrected chi connectivity index (χ0v) is 18.5. The maximum Gasteiger partial charge on any atom is 0.357 e. The lowest BCUT2D eigenvalue weighted by Crippen LogP contribution is -2.46. The fraction of sp³-hybridized carbons (Fsp3) is 0.583. The van der Waals surface area contributed by atoms with Crippen molar-refractivity contribution in [2.45, 2.75) is 69.6 Å². The number of hydrogen-bond donors (Lipinski definition) is 1. The molecule has 0 bridgehead atoms. The van der Waals surface area contributed by atoms with E-state index in [9.17, 15) is 9.59 Å². The van der Waals surface area contributed by atoms with Crippen molar-refractivity contribution in [1.82, 2.24) is 4.57 Å². The van der Waals surface area contributed by atoms with Gasteiger partial charge >= 0.3 is 5.97 Å². The molecule has 2 aromatic rings. The first-order valence-electron chi connectivity index (χ1n) is 11.5. The highest BCUT2D eigenvalue weighted by Crippen LogP contribution is 2.49. The van der Waals surface area contributed by atoms with Crippen LogP contribution in [0.1, 0.15) is 68.3 Å². The average Bonchev–Trinajstić information content (AvgIpc) is 3.39. The van der Waals surface area contributed by atoms with Gasteiger partial charge in [-0.25, -0.2) is 4.79 Å². The van der Waals surface area contributed by atoms with Crippen LogP contribution in [-0.2, 0) is 15.3 Å². The number of nitrogens with two attached hydrogens (primary N) is 1. The number of rotatable bonds is 3. The van der Waals surface area contributed by atoms with Gasteiger partial charge in [0.1, 0.15) is 11.7 Å². The summed E-state index contributed by atoms with van der Waals surface area (Å²) in [6.45, 7) is 0.861. The number of aromatic nitrogens is 1. The van der Waals surface area contributed by atoms with Gasteiger partial charge in [-0.15, -0.1) is 12.4 Å². The second-order valence-corrected chi connectivity index (χ2v) is 9.69. The van der Waals surface area contributed by atoms with Crippen molar-refractivity contribution in [3.8, 4) is 0 Å². The van der Waals surface area contributed by atoms with E-state index in [1.807, 2.05) is 6.07 Å². The minimum atomic E-state index is -0.467. The number of esters is 1. The van der Waals surface area contributed by atoms with Crippen LogP contribution in [0.3, 0.4) is 0 Å². The predicted molar refractivity (Wildman–Crippen MR) is 121 cm³/mol. The van der Waals surface area contributed by atoms with Gasteiger partial charge in [0.05, 0.1) is 5.52 Å². The lowest BCUT2D eigenvalue weighted by Gasteiger charge is -2.38. The Kier molecular flexibility index (Phi) is 4.96. The van der Waals surface area contributed by atoms with Gasteiger partial charge in [0, 0.05) is 30.5 Å². The normalized spacial score (nSPS) is 27.1. The van der Waals surface area contributed by atoms with Crippen LogP contribution in [0.2, 0.25) is 0 Å². The molecule has 166 valence electrons. The average molecular weight is 444 g/mol. The highest BCUT2D eigenvalue weighted by Gasteiger charge is 2.50. The number of carbonyl (C=O) groups is 2. The van der Waals surface area contributed by atoms with Crippen LogP contribution < -0.4 is 10.6 Å². The van der Waals surface area contributed by atoms with Crippen molar-refractivity contribution in [2.75, 3.05) is 11.4 Å². The van der Waals surface area contributed by atoms with E-state index < -0.39 is 5.72 Å². The molecule has 7 heteroatoms. The Morgan fingerprint density at radius 2 is 1.84 bits per heavy atom. The summed E-state index contributed by atoms with van der Waals surface area (Å²) in [4.78, 5) is 27.1. The number of fused-ring (bicyclic) bond motifs is 4. The standard InChI is InChI=1S/C24H29N3O3.ClH/c25-22(28)21-18(15-5-2-1-3-6-15)9-12-26(21)17-7-8-19-16(13-17)14-20-23(29)30-24(27(19)20)10-4-11-24;/h7-8,13-15,18,21H,1-6,9-12H2,(H2,25,28);1H/t18-,21-;/m0./s1. The number of halogens is 1. The fourth-order valence-corrected chi connectivity index (χ4v) is 6.57. The fourth-order valence-electron chi connectivity index (χ4n) is 6.57. The number of hydrogen-bond acceptors (Lipinski definition) is 4. The zero-order chi connectivity index (χ0) is 20.5. The quantitative estimate of drug-likeness (QED) is 0.716. The van der Waals surface area contributed by atoms with E-state index in [2.05, 4.69) is 27.7 Å². The van der Waals surface area contributed by atoms with Crippen LogP contribution in [0, 0.1) is 11.8 Å². The molecule has 1 saturated heterocycles. The lowest BCUT2D eigenvalue weighted by atomic mass is 9.76. The summed E-state index contributed by atoms with van der Waals surface area (Å²) in [7, 11) is 0. The smallest absolute Gasteiger partial charge is 0.357 e. The van der Waals surface area contributed by atoms with E-state index in [4.69, 9.17) is 10.5 Å². The Hall–Kier alpha value is -2.21. The summed E-state index contributed by atoms with van der Waals surface area (Å²) in [5.41, 5.74) is 8.18. The third kappa shape index (κ3) is 2.98. The van der Waals surface area contributed by atoms with Gasteiger partial charge in [-0.05, 0) is 48.9 Å². The van der Waals surface area contributed by atoms with Gasteiger partial charge in [0.25, 0.3) is 0 Å². The molecule has 2 saturated carbocycles. The molecule has 31 heavy (non-hydrogen) atoms. The third-order valence-electron chi connectivity index (χ3n) is 8.14. The molecule has 0 radical (unpaired) electrons. The Balaban J connectivity index is 0.00000204. The lowest BCUT2D eigenvalue weighted by molar-refractivity contribution is -0.120. The molecule has 2 aliphatic heterocycles. The summed E-state index contributed by atoms with van der Waals surface area (Å²) in [6.07, 6.45) is 10.2. The number of primary amides is 1. The molecule has 1 spiro atoms. The predicted octanol–water partition coefficient (Wildman–Crippen LogP) is 4.33. The highest BCUT2D eigenvalue weighted by atomic mass is 35.5. The highest BCUT2D eigenvalue weighted by molar-refractivity contribution is 5.99. The topological polar surface area (TPSA) is 77.6 Å². The number of ether oxygens (including phenoxy) is 1. The summed E-state index contributed by atoms with van der Waals surface area (Å²) in [5.74, 6) is 0.530. The molecule has 2 aliphatic carbocycles. The van der Waals surface area contributed by atoms with Crippen LogP contribution in [0.25, 0.3) is 10.9 Å². The van der Waals surface area contributed by atoms with Crippen LogP contribution >= 0.6 is 12.4 Å². The molecule has 2 N–H and O–H groups in total. The maximum absolute atomic E-state index is 12.5. The zero-order valence-electron chi connectivity index (χ0n) is 17.7. The summed E-state index contributed by atoms with van der Waals surface area (Å²) in [5, 5.41) is 1.04. The van der Waals surface area contributed by atoms with E-state index in [-0.39, 0.29) is 30.3 Å². The minimum Gasteiger partial charge on any atom is -0.434 e. The number of benzene rings is 1. The second kappa shape index (κ2) is 7.44. The van der Waals surface area contributed by atoms with Crippen molar-refractivity contribution in [3.05, 3.63) is 30.0 Å². The van der Waals surface area contributed by atoms with Crippen LogP contribution in [0.4, 0.5) is 5.69 Å². The minimum absolute atomic E-state index is 0. The van der Waals surface area contributed by atoms with Crippen molar-refractivity contribution in [2.24, 2.45) is 17.6 Å². The van der Waals surface area contributed by atoms with Crippen LogP contribution in [0.5, 0.6) is 0 Å². The molecule has 3 heterocycles. The van der Waals surface area contributed by atoms with E-state index >= 15 is 0 Å². The van der Waals surface area contributed by atoms with Gasteiger partial charge in [-0.2, -0.15) is 0 Å². The first-order chi connectivity index (χ1) is 14.6. The number of amides is 1. The van der Waals surface area contributed by atoms with Crippen molar-refractivity contribution >= 4 is 40.9 Å². The SMILES string of the molecule is Cl.NC(=O)[C@@H]1[C@H](C2CCCCC2)CCN1c1ccc2c(c1)cc1n2C2(CCC2)OC1=O. The second-order valence-electron chi connectivity index (χ2n) is 9.69. The molecule has 6 rings (SSSR count). The Morgan fingerprint density at radius 3 is 2.52 bits per heavy atom. The molecule has 0 unspecified atom stereocenters. The van der Waals surface area contributed by atoms with Crippen LogP contribution in [-0.4, -0.2) is 29.0 Å². The number of anilines is 1. The monoisotopic (exact) mass is 443 g/mol. The molecule has 1 amide bonds. The summed E-state index contributed by atoms with van der Waals surface area (Å²) < 4.78 is 7.81.